The topological polar surface area (TPSA) is 32.6 Å². The predicted molar refractivity (Wildman–Crippen MR) is 68.7 cm³/mol. The highest BCUT2D eigenvalue weighted by Gasteiger charge is 2.17. The van der Waals surface area contributed by atoms with E-state index in [-0.39, 0.29) is 24.0 Å². The van der Waals surface area contributed by atoms with Crippen LogP contribution in [0.25, 0.3) is 0 Å². The monoisotopic (exact) mass is 360 g/mol. The first kappa shape index (κ1) is 18.9. The van der Waals surface area contributed by atoms with E-state index in [1.54, 1.807) is 11.8 Å². The first-order valence-electron chi connectivity index (χ1n) is 5.67. The molecule has 0 amide bonds. The normalized spacial score (nSPS) is 12.8. The van der Waals surface area contributed by atoms with Crippen molar-refractivity contribution >= 4 is 16.8 Å². The summed E-state index contributed by atoms with van der Waals surface area (Å²) in [5, 5.41) is 13.0. The lowest BCUT2D eigenvalue weighted by Gasteiger charge is -2.32. The molecule has 0 aromatic rings. The maximum atomic E-state index is 8.80. The van der Waals surface area contributed by atoms with Crippen molar-refractivity contribution in [3.05, 3.63) is 0 Å². The van der Waals surface area contributed by atoms with E-state index in [1.165, 1.54) is 0 Å². The third-order valence-corrected chi connectivity index (χ3v) is 4.24. The van der Waals surface area contributed by atoms with Crippen LogP contribution in [-0.2, 0) is 0 Å². The molecule has 98 valence electrons. The van der Waals surface area contributed by atoms with E-state index in [4.69, 9.17) is 5.21 Å². The average molecular weight is 360 g/mol. The number of hydrogen-bond acceptors (Lipinski definition) is 3. The third-order valence-electron chi connectivity index (χ3n) is 3.00. The van der Waals surface area contributed by atoms with Crippen LogP contribution >= 0.6 is 11.8 Å². The molecular formula is C11H25IN2OS. The lowest BCUT2D eigenvalue weighted by molar-refractivity contribution is -0.903. The molecule has 0 fully saturated rings. The van der Waals surface area contributed by atoms with E-state index in [9.17, 15) is 0 Å². The zero-order valence-electron chi connectivity index (χ0n) is 11.0. The molecule has 0 saturated heterocycles. The summed E-state index contributed by atoms with van der Waals surface area (Å²) in [5.41, 5.74) is 0. The summed E-state index contributed by atoms with van der Waals surface area (Å²) < 4.78 is 1.09. The molecule has 0 aromatic heterocycles. The summed E-state index contributed by atoms with van der Waals surface area (Å²) in [6.45, 7) is 12.0. The highest BCUT2D eigenvalue weighted by Crippen LogP contribution is 2.14. The second kappa shape index (κ2) is 9.53. The highest BCUT2D eigenvalue weighted by atomic mass is 127. The average Bonchev–Trinajstić information content (AvgIpc) is 2.23. The van der Waals surface area contributed by atoms with E-state index < -0.39 is 0 Å². The van der Waals surface area contributed by atoms with Crippen molar-refractivity contribution in [1.82, 2.24) is 0 Å². The fourth-order valence-electron chi connectivity index (χ4n) is 1.22. The standard InChI is InChI=1S/C11H24N2OS.HI/c1-6-13(5,7-2)8-9-15-11(12-14)10(3)4;/h10H,6-9H2,1-5H3;1H/b12-11+;. The van der Waals surface area contributed by atoms with E-state index in [0.29, 0.717) is 5.92 Å². The number of hydrogen-bond donors (Lipinski definition) is 1. The van der Waals surface area contributed by atoms with Gasteiger partial charge < -0.3 is 33.7 Å². The maximum absolute atomic E-state index is 8.80. The van der Waals surface area contributed by atoms with Crippen molar-refractivity contribution in [2.75, 3.05) is 32.4 Å². The van der Waals surface area contributed by atoms with Crippen molar-refractivity contribution in [3.63, 3.8) is 0 Å². The van der Waals surface area contributed by atoms with Gasteiger partial charge in [0.2, 0.25) is 0 Å². The Kier molecular flexibility index (Phi) is 11.2. The fraction of sp³-hybridized carbons (Fsp3) is 0.909. The Labute approximate surface area is 121 Å². The molecule has 0 unspecified atom stereocenters. The minimum absolute atomic E-state index is 0. The van der Waals surface area contributed by atoms with Crippen molar-refractivity contribution < 1.29 is 33.7 Å². The van der Waals surface area contributed by atoms with Gasteiger partial charge in [-0.25, -0.2) is 0 Å². The number of nitrogens with zero attached hydrogens (tertiary/aromatic N) is 2. The van der Waals surface area contributed by atoms with Crippen molar-refractivity contribution in [2.24, 2.45) is 11.1 Å². The van der Waals surface area contributed by atoms with Gasteiger partial charge in [0.1, 0.15) is 5.04 Å². The zero-order valence-corrected chi connectivity index (χ0v) is 14.0. The maximum Gasteiger partial charge on any atom is 0.115 e. The summed E-state index contributed by atoms with van der Waals surface area (Å²) >= 11 is 1.67. The Hall–Kier alpha value is 0.510. The molecule has 16 heavy (non-hydrogen) atoms. The Morgan fingerprint density at radius 3 is 2.12 bits per heavy atom. The Morgan fingerprint density at radius 2 is 1.81 bits per heavy atom. The molecule has 0 aliphatic carbocycles. The molecular weight excluding hydrogens is 335 g/mol. The quantitative estimate of drug-likeness (QED) is 0.176. The molecule has 0 aliphatic heterocycles. The first-order valence-corrected chi connectivity index (χ1v) is 6.66. The molecule has 5 heteroatoms. The van der Waals surface area contributed by atoms with Gasteiger partial charge in [-0.05, 0) is 13.8 Å². The second-order valence-electron chi connectivity index (χ2n) is 4.42. The van der Waals surface area contributed by atoms with Crippen LogP contribution in [0.5, 0.6) is 0 Å². The van der Waals surface area contributed by atoms with Crippen molar-refractivity contribution in [1.29, 1.82) is 0 Å². The summed E-state index contributed by atoms with van der Waals surface area (Å²) in [6, 6.07) is 0. The van der Waals surface area contributed by atoms with Crippen LogP contribution in [0.1, 0.15) is 27.7 Å². The predicted octanol–water partition coefficient (Wildman–Crippen LogP) is -0.346. The summed E-state index contributed by atoms with van der Waals surface area (Å²) in [5.74, 6) is 1.34. The van der Waals surface area contributed by atoms with Crippen LogP contribution in [0.4, 0.5) is 0 Å². The number of quaternary nitrogens is 1. The molecule has 0 saturated carbocycles. The molecule has 0 radical (unpaired) electrons. The molecule has 0 bridgehead atoms. The SMILES string of the molecule is CC[N+](C)(CC)CCS/C(=N/O)C(C)C.[I-]. The van der Waals surface area contributed by atoms with E-state index in [2.05, 4.69) is 39.9 Å². The minimum atomic E-state index is 0. The van der Waals surface area contributed by atoms with Gasteiger partial charge in [-0.15, -0.1) is 11.8 Å². The van der Waals surface area contributed by atoms with Crippen LogP contribution in [0, 0.1) is 5.92 Å². The summed E-state index contributed by atoms with van der Waals surface area (Å²) in [7, 11) is 2.27. The van der Waals surface area contributed by atoms with E-state index >= 15 is 0 Å². The third kappa shape index (κ3) is 6.96. The van der Waals surface area contributed by atoms with E-state index in [1.807, 2.05) is 0 Å². The highest BCUT2D eigenvalue weighted by molar-refractivity contribution is 8.13. The summed E-state index contributed by atoms with van der Waals surface area (Å²) in [4.78, 5) is 0. The lowest BCUT2D eigenvalue weighted by atomic mass is 10.2. The summed E-state index contributed by atoms with van der Waals surface area (Å²) in [6.07, 6.45) is 0. The molecule has 0 spiro atoms. The van der Waals surface area contributed by atoms with Crippen LogP contribution in [0.15, 0.2) is 5.16 Å². The Morgan fingerprint density at radius 1 is 1.31 bits per heavy atom. The largest absolute Gasteiger partial charge is 1.00 e. The van der Waals surface area contributed by atoms with Crippen molar-refractivity contribution in [2.45, 2.75) is 27.7 Å². The zero-order chi connectivity index (χ0) is 11.9. The molecule has 0 aromatic carbocycles. The van der Waals surface area contributed by atoms with Gasteiger partial charge in [0.25, 0.3) is 0 Å². The minimum Gasteiger partial charge on any atom is -1.00 e. The Balaban J connectivity index is 0. The van der Waals surface area contributed by atoms with Gasteiger partial charge in [0.05, 0.1) is 26.7 Å². The van der Waals surface area contributed by atoms with Crippen LogP contribution in [-0.4, -0.2) is 47.2 Å². The van der Waals surface area contributed by atoms with Gasteiger partial charge in [-0.3, -0.25) is 0 Å². The molecule has 0 heterocycles. The van der Waals surface area contributed by atoms with Crippen LogP contribution in [0.3, 0.4) is 0 Å². The van der Waals surface area contributed by atoms with Gasteiger partial charge in [-0.2, -0.15) is 0 Å². The van der Waals surface area contributed by atoms with Crippen LogP contribution in [0.2, 0.25) is 0 Å². The molecule has 0 rings (SSSR count). The molecule has 3 nitrogen and oxygen atoms in total. The van der Waals surface area contributed by atoms with Crippen LogP contribution < -0.4 is 24.0 Å². The number of oxime groups is 1. The fourth-order valence-corrected chi connectivity index (χ4v) is 2.35. The molecule has 1 N–H and O–H groups in total. The smallest absolute Gasteiger partial charge is 0.115 e. The van der Waals surface area contributed by atoms with E-state index in [0.717, 1.165) is 34.9 Å². The molecule has 0 atom stereocenters. The van der Waals surface area contributed by atoms with Gasteiger partial charge >= 0.3 is 0 Å². The second-order valence-corrected chi connectivity index (χ2v) is 5.53. The number of thioether (sulfide) groups is 1. The molecule has 0 aliphatic rings. The van der Waals surface area contributed by atoms with Crippen molar-refractivity contribution in [3.8, 4) is 0 Å². The van der Waals surface area contributed by atoms with Gasteiger partial charge in [0.15, 0.2) is 0 Å². The first-order chi connectivity index (χ1) is 6.99. The van der Waals surface area contributed by atoms with Gasteiger partial charge in [-0.1, -0.05) is 19.0 Å². The van der Waals surface area contributed by atoms with Gasteiger partial charge in [0, 0.05) is 11.7 Å². The number of rotatable bonds is 6. The lowest BCUT2D eigenvalue weighted by Crippen LogP contribution is -3.00. The number of halogens is 1. The Bertz CT molecular complexity index is 206.